The molecule has 4 aliphatic heterocycles. The number of fused-ring (bicyclic) bond motifs is 6. The number of carbonyl (C=O) groups is 4. The summed E-state index contributed by atoms with van der Waals surface area (Å²) in [5.41, 5.74) is 2.62. The molecular weight excluding hydrogens is 1060 g/mol. The molecule has 6 aromatic rings. The lowest BCUT2D eigenvalue weighted by Gasteiger charge is -2.59. The topological polar surface area (TPSA) is 268 Å². The number of anilines is 4. The molecule has 6 aromatic heterocycles. The number of likely N-dealkylation sites (tertiary alicyclic amines) is 3. The van der Waals surface area contributed by atoms with E-state index in [-0.39, 0.29) is 63.1 Å². The maximum absolute atomic E-state index is 13.5. The van der Waals surface area contributed by atoms with Crippen molar-refractivity contribution >= 4 is 69.3 Å². The SMILES string of the molecule is CN(C)C(=O)c1cc2cnc(Nc3ccc(C(=O)O)cn3)nc2n1C1CCCC1.CN1CC2(C)CN(C(=O)c3ccc(Nc4ncc5cc(C(=O)N(C)C)n(C6CCCC6)c5n4)nc3)CC(C)(C1)C2O.CN1CC2(C)CNCC(C)(C1)C2O. The van der Waals surface area contributed by atoms with Crippen LogP contribution in [0, 0.1) is 21.7 Å². The first-order chi connectivity index (χ1) is 39.4. The number of aliphatic hydroxyl groups excluding tert-OH is 2. The molecule has 10 heterocycles. The summed E-state index contributed by atoms with van der Waals surface area (Å²) in [4.78, 5) is 86.6. The molecule has 3 amide bonds. The summed E-state index contributed by atoms with van der Waals surface area (Å²) in [6.45, 7) is 14.8. The van der Waals surface area contributed by atoms with Gasteiger partial charge >= 0.3 is 5.97 Å². The number of carboxylic acid groups (broad SMARTS) is 1. The lowest BCUT2D eigenvalue weighted by Crippen LogP contribution is -2.70. The van der Waals surface area contributed by atoms with Crippen LogP contribution in [0.25, 0.3) is 22.1 Å². The van der Waals surface area contributed by atoms with E-state index in [1.165, 1.54) is 12.3 Å². The van der Waals surface area contributed by atoms with Gasteiger partial charge in [0.05, 0.1) is 23.3 Å². The molecule has 2 aliphatic carbocycles. The van der Waals surface area contributed by atoms with E-state index in [0.29, 0.717) is 59.2 Å². The van der Waals surface area contributed by atoms with Gasteiger partial charge < -0.3 is 64.9 Å². The first-order valence-corrected chi connectivity index (χ1v) is 29.0. The van der Waals surface area contributed by atoms with Gasteiger partial charge in [0.25, 0.3) is 17.7 Å². The third-order valence-corrected chi connectivity index (χ3v) is 17.9. The number of hydrogen-bond donors (Lipinski definition) is 6. The second-order valence-corrected chi connectivity index (χ2v) is 26.0. The van der Waals surface area contributed by atoms with E-state index >= 15 is 0 Å². The van der Waals surface area contributed by atoms with Gasteiger partial charge in [-0.25, -0.2) is 24.7 Å². The highest BCUT2D eigenvalue weighted by Gasteiger charge is 2.56. The van der Waals surface area contributed by atoms with Crippen molar-refractivity contribution in [2.75, 3.05) is 105 Å². The zero-order valence-electron chi connectivity index (χ0n) is 49.7. The molecule has 23 heteroatoms. The summed E-state index contributed by atoms with van der Waals surface area (Å²) in [5.74, 6) is 0.469. The molecular formula is C60H82N16O7. The average Bonchev–Trinajstić information content (AvgIpc) is 1.97. The standard InChI is InChI=1S/C30H40N8O3.C20H22N6O3.C10H20N2O/c1-29-15-36(5)16-30(2,27(29)41)18-37(17-29)25(39)19-10-11-23(31-13-19)33-28-32-14-20-12-22(26(40)35(3)4)38(24(20)34-28)21-8-6-7-9-21;1-25(2)18(27)15-9-13-11-22-20(23-16-8-7-12(10-21-16)19(28)29)24-17(13)26(15)14-5-3-4-6-14;1-9-4-11-5-10(2,8(9)13)7-12(3)6-9/h10-14,21,27,41H,6-9,15-18H2,1-5H3,(H,31,32,33,34);7-11,14H,3-6H2,1-2H3,(H,28,29)(H,21,22,23,24);8,11,13H,4-7H2,1-3H3. The number of pyridine rings is 2. The molecule has 2 saturated carbocycles. The molecule has 4 atom stereocenters. The zero-order valence-corrected chi connectivity index (χ0v) is 49.7. The van der Waals surface area contributed by atoms with Crippen molar-refractivity contribution in [2.45, 2.75) is 103 Å². The highest BCUT2D eigenvalue weighted by Crippen LogP contribution is 2.46. The number of hydrogen-bond acceptors (Lipinski definition) is 17. The maximum Gasteiger partial charge on any atom is 0.337 e. The molecule has 6 fully saturated rings. The van der Waals surface area contributed by atoms with E-state index in [0.717, 1.165) is 107 Å². The zero-order chi connectivity index (χ0) is 59.3. The van der Waals surface area contributed by atoms with Crippen molar-refractivity contribution in [1.82, 2.24) is 68.9 Å². The average molecular weight is 1140 g/mol. The number of carboxylic acids is 1. The van der Waals surface area contributed by atoms with Crippen molar-refractivity contribution in [3.05, 3.63) is 83.7 Å². The maximum atomic E-state index is 13.5. The fourth-order valence-corrected chi connectivity index (χ4v) is 14.5. The predicted molar refractivity (Wildman–Crippen MR) is 316 cm³/mol. The van der Waals surface area contributed by atoms with E-state index in [1.54, 1.807) is 74.8 Å². The highest BCUT2D eigenvalue weighted by atomic mass is 16.4. The van der Waals surface area contributed by atoms with Crippen LogP contribution in [-0.4, -0.2) is 209 Å². The molecule has 0 spiro atoms. The van der Waals surface area contributed by atoms with Crippen LogP contribution in [0.2, 0.25) is 0 Å². The van der Waals surface area contributed by atoms with Crippen molar-refractivity contribution in [3.8, 4) is 0 Å². The van der Waals surface area contributed by atoms with Gasteiger partial charge in [-0.05, 0) is 76.2 Å². The summed E-state index contributed by atoms with van der Waals surface area (Å²) < 4.78 is 4.12. The van der Waals surface area contributed by atoms with Crippen LogP contribution in [0.4, 0.5) is 23.5 Å². The Bertz CT molecular complexity index is 3330. The van der Waals surface area contributed by atoms with Gasteiger partial charge in [-0.3, -0.25) is 14.4 Å². The lowest BCUT2D eigenvalue weighted by atomic mass is 9.63. The first-order valence-electron chi connectivity index (χ1n) is 29.0. The van der Waals surface area contributed by atoms with Crippen LogP contribution in [0.1, 0.15) is 133 Å². The van der Waals surface area contributed by atoms with Gasteiger partial charge in [-0.2, -0.15) is 9.97 Å². The number of nitrogens with zero attached hydrogens (tertiary/aromatic N) is 13. The predicted octanol–water partition coefficient (Wildman–Crippen LogP) is 6.16. The summed E-state index contributed by atoms with van der Waals surface area (Å²) in [7, 11) is 11.2. The summed E-state index contributed by atoms with van der Waals surface area (Å²) >= 11 is 0. The van der Waals surface area contributed by atoms with Crippen molar-refractivity contribution in [1.29, 1.82) is 0 Å². The molecule has 12 rings (SSSR count). The van der Waals surface area contributed by atoms with Crippen LogP contribution < -0.4 is 16.0 Å². The Morgan fingerprint density at radius 3 is 1.35 bits per heavy atom. The minimum Gasteiger partial charge on any atom is -0.478 e. The lowest BCUT2D eigenvalue weighted by molar-refractivity contribution is -0.161. The second-order valence-electron chi connectivity index (χ2n) is 26.0. The van der Waals surface area contributed by atoms with Crippen molar-refractivity contribution < 1.29 is 34.5 Å². The largest absolute Gasteiger partial charge is 0.478 e. The monoisotopic (exact) mass is 1140 g/mol. The van der Waals surface area contributed by atoms with E-state index in [9.17, 15) is 29.4 Å². The fraction of sp³-hybridized carbons (Fsp3) is 0.567. The van der Waals surface area contributed by atoms with Crippen LogP contribution in [0.15, 0.2) is 61.2 Å². The van der Waals surface area contributed by atoms with E-state index in [1.807, 2.05) is 21.6 Å². The Hall–Kier alpha value is -7.18. The number of aromatic nitrogens is 8. The first kappa shape index (κ1) is 59.0. The Labute approximate surface area is 484 Å². The number of aliphatic hydroxyl groups is 2. The van der Waals surface area contributed by atoms with Gasteiger partial charge in [-0.1, -0.05) is 53.4 Å². The van der Waals surface area contributed by atoms with Crippen molar-refractivity contribution in [3.63, 3.8) is 0 Å². The van der Waals surface area contributed by atoms with Crippen molar-refractivity contribution in [2.24, 2.45) is 21.7 Å². The third kappa shape index (κ3) is 11.9. The summed E-state index contributed by atoms with van der Waals surface area (Å²) in [5, 5.41) is 41.5. The van der Waals surface area contributed by atoms with Crippen LogP contribution >= 0.6 is 0 Å². The molecule has 4 bridgehead atoms. The van der Waals surface area contributed by atoms with E-state index in [2.05, 4.69) is 97.0 Å². The Balaban J connectivity index is 0.000000158. The number of nitrogens with one attached hydrogen (secondary N) is 3. The fourth-order valence-electron chi connectivity index (χ4n) is 14.5. The number of aromatic carboxylic acids is 1. The molecule has 0 aromatic carbocycles. The molecule has 4 saturated heterocycles. The molecule has 6 N–H and O–H groups in total. The Kier molecular flexibility index (Phi) is 16.4. The minimum absolute atomic E-state index is 0.0417. The van der Waals surface area contributed by atoms with Crippen LogP contribution in [-0.2, 0) is 0 Å². The smallest absolute Gasteiger partial charge is 0.337 e. The van der Waals surface area contributed by atoms with Crippen LogP contribution in [0.3, 0.4) is 0 Å². The Morgan fingerprint density at radius 1 is 0.566 bits per heavy atom. The minimum atomic E-state index is -1.03. The molecule has 4 unspecified atom stereocenters. The molecule has 83 heavy (non-hydrogen) atoms. The van der Waals surface area contributed by atoms with Gasteiger partial charge in [0.2, 0.25) is 11.9 Å². The molecule has 444 valence electrons. The second kappa shape index (κ2) is 23.1. The Morgan fingerprint density at radius 2 is 0.964 bits per heavy atom. The number of carbonyl (C=O) groups excluding carboxylic acids is 3. The van der Waals surface area contributed by atoms with E-state index < -0.39 is 12.1 Å². The summed E-state index contributed by atoms with van der Waals surface area (Å²) in [6.07, 6.45) is 14.3. The van der Waals surface area contributed by atoms with Gasteiger partial charge in [0.15, 0.2) is 0 Å². The third-order valence-electron chi connectivity index (χ3n) is 17.9. The summed E-state index contributed by atoms with van der Waals surface area (Å²) in [6, 6.07) is 10.8. The normalized spacial score (nSPS) is 26.4. The van der Waals surface area contributed by atoms with Crippen LogP contribution in [0.5, 0.6) is 0 Å². The molecule has 0 radical (unpaired) electrons. The van der Waals surface area contributed by atoms with Gasteiger partial charge in [-0.15, -0.1) is 0 Å². The molecule has 23 nitrogen and oxygen atoms in total. The van der Waals surface area contributed by atoms with Gasteiger partial charge in [0.1, 0.15) is 34.3 Å². The number of rotatable bonds is 10. The van der Waals surface area contributed by atoms with Gasteiger partial charge in [0, 0.05) is 150 Å². The highest BCUT2D eigenvalue weighted by molar-refractivity contribution is 5.99. The quantitative estimate of drug-likeness (QED) is 0.0897. The number of piperidine rings is 4. The number of amides is 3. The molecule has 6 aliphatic rings. The van der Waals surface area contributed by atoms with E-state index in [4.69, 9.17) is 10.1 Å².